The van der Waals surface area contributed by atoms with Crippen molar-refractivity contribution in [1.82, 2.24) is 0 Å². The standard InChI is InChI=1S/C8H12INS/c1-7(9)5-4-6-10-8(2)11-3/h4-5H,1,6H2,2-3H3/b5-4-,10-8?. The van der Waals surface area contributed by atoms with E-state index in [1.54, 1.807) is 11.8 Å². The Kier molecular flexibility index (Phi) is 7.06. The van der Waals surface area contributed by atoms with Gasteiger partial charge in [-0.15, -0.1) is 11.8 Å². The molecule has 0 saturated heterocycles. The van der Waals surface area contributed by atoms with Crippen molar-refractivity contribution in [2.45, 2.75) is 6.92 Å². The van der Waals surface area contributed by atoms with Crippen LogP contribution >= 0.6 is 34.4 Å². The van der Waals surface area contributed by atoms with Gasteiger partial charge in [0.05, 0.1) is 11.6 Å². The molecule has 0 unspecified atom stereocenters. The van der Waals surface area contributed by atoms with E-state index in [4.69, 9.17) is 0 Å². The highest BCUT2D eigenvalue weighted by molar-refractivity contribution is 14.1. The van der Waals surface area contributed by atoms with E-state index in [-0.39, 0.29) is 0 Å². The molecule has 0 aliphatic carbocycles. The number of halogens is 1. The minimum absolute atomic E-state index is 0.759. The Hall–Kier alpha value is 0.230. The van der Waals surface area contributed by atoms with E-state index in [9.17, 15) is 0 Å². The first-order valence-corrected chi connectivity index (χ1v) is 5.53. The molecule has 0 heterocycles. The van der Waals surface area contributed by atoms with Gasteiger partial charge in [0.15, 0.2) is 0 Å². The number of allylic oxidation sites excluding steroid dienone is 2. The average molecular weight is 281 g/mol. The Morgan fingerprint density at radius 2 is 2.36 bits per heavy atom. The third-order valence-corrected chi connectivity index (χ3v) is 2.09. The van der Waals surface area contributed by atoms with E-state index in [0.29, 0.717) is 0 Å². The lowest BCUT2D eigenvalue weighted by atomic mass is 10.5. The largest absolute Gasteiger partial charge is 0.279 e. The topological polar surface area (TPSA) is 12.4 Å². The summed E-state index contributed by atoms with van der Waals surface area (Å²) >= 11 is 3.85. The normalized spacial score (nSPS) is 12.5. The molecule has 11 heavy (non-hydrogen) atoms. The van der Waals surface area contributed by atoms with Crippen LogP contribution in [0.5, 0.6) is 0 Å². The Bertz CT molecular complexity index is 185. The van der Waals surface area contributed by atoms with Crippen molar-refractivity contribution in [3.05, 3.63) is 22.3 Å². The molecule has 0 saturated carbocycles. The summed E-state index contributed by atoms with van der Waals surface area (Å²) in [6.07, 6.45) is 6.01. The van der Waals surface area contributed by atoms with Crippen LogP contribution in [0, 0.1) is 0 Å². The zero-order valence-electron chi connectivity index (χ0n) is 6.80. The maximum Gasteiger partial charge on any atom is 0.0646 e. The summed E-state index contributed by atoms with van der Waals surface area (Å²) in [6.45, 7) is 6.51. The molecule has 0 amide bonds. The van der Waals surface area contributed by atoms with Gasteiger partial charge >= 0.3 is 0 Å². The fourth-order valence-electron chi connectivity index (χ4n) is 0.426. The number of hydrogen-bond donors (Lipinski definition) is 0. The fourth-order valence-corrected chi connectivity index (χ4v) is 0.884. The SMILES string of the molecule is C=C(I)/C=C\CN=C(C)SC. The van der Waals surface area contributed by atoms with E-state index in [1.807, 2.05) is 25.3 Å². The summed E-state index contributed by atoms with van der Waals surface area (Å²) in [5.41, 5.74) is 0. The Labute approximate surface area is 86.2 Å². The number of nitrogens with zero attached hydrogens (tertiary/aromatic N) is 1. The fraction of sp³-hybridized carbons (Fsp3) is 0.375. The van der Waals surface area contributed by atoms with Gasteiger partial charge in [-0.3, -0.25) is 4.99 Å². The molecule has 3 heteroatoms. The molecule has 0 bridgehead atoms. The van der Waals surface area contributed by atoms with Crippen LogP contribution in [0.2, 0.25) is 0 Å². The molecule has 0 aromatic rings. The predicted molar refractivity (Wildman–Crippen MR) is 63.8 cm³/mol. The van der Waals surface area contributed by atoms with Crippen molar-refractivity contribution in [3.8, 4) is 0 Å². The molecule has 0 aliphatic heterocycles. The smallest absolute Gasteiger partial charge is 0.0646 e. The molecule has 0 spiro atoms. The minimum Gasteiger partial charge on any atom is -0.279 e. The van der Waals surface area contributed by atoms with E-state index < -0.39 is 0 Å². The van der Waals surface area contributed by atoms with Gasteiger partial charge in [-0.1, -0.05) is 18.7 Å². The Balaban J connectivity index is 3.64. The minimum atomic E-state index is 0.759. The number of hydrogen-bond acceptors (Lipinski definition) is 2. The summed E-state index contributed by atoms with van der Waals surface area (Å²) < 4.78 is 1.04. The van der Waals surface area contributed by atoms with Gasteiger partial charge in [0, 0.05) is 3.58 Å². The molecular formula is C8H12INS. The van der Waals surface area contributed by atoms with E-state index >= 15 is 0 Å². The molecule has 62 valence electrons. The maximum absolute atomic E-state index is 4.26. The van der Waals surface area contributed by atoms with Crippen LogP contribution in [0.4, 0.5) is 0 Å². The number of aliphatic imine (C=N–C) groups is 1. The Morgan fingerprint density at radius 3 is 2.82 bits per heavy atom. The summed E-state index contributed by atoms with van der Waals surface area (Å²) in [7, 11) is 0. The second-order valence-electron chi connectivity index (χ2n) is 1.91. The molecule has 0 aromatic carbocycles. The maximum atomic E-state index is 4.26. The molecule has 1 nitrogen and oxygen atoms in total. The van der Waals surface area contributed by atoms with Crippen LogP contribution < -0.4 is 0 Å². The molecule has 0 N–H and O–H groups in total. The monoisotopic (exact) mass is 281 g/mol. The van der Waals surface area contributed by atoms with Gasteiger partial charge in [0.25, 0.3) is 0 Å². The zero-order chi connectivity index (χ0) is 8.69. The molecule has 0 fully saturated rings. The molecule has 0 atom stereocenters. The van der Waals surface area contributed by atoms with E-state index in [0.717, 1.165) is 15.2 Å². The van der Waals surface area contributed by atoms with Crippen molar-refractivity contribution in [2.24, 2.45) is 4.99 Å². The van der Waals surface area contributed by atoms with Crippen LogP contribution in [0.25, 0.3) is 0 Å². The first kappa shape index (κ1) is 11.2. The van der Waals surface area contributed by atoms with Crippen molar-refractivity contribution in [3.63, 3.8) is 0 Å². The highest BCUT2D eigenvalue weighted by atomic mass is 127. The van der Waals surface area contributed by atoms with Gasteiger partial charge in [0.1, 0.15) is 0 Å². The third kappa shape index (κ3) is 8.13. The van der Waals surface area contributed by atoms with E-state index in [1.165, 1.54) is 0 Å². The van der Waals surface area contributed by atoms with Crippen molar-refractivity contribution >= 4 is 39.4 Å². The third-order valence-electron chi connectivity index (χ3n) is 1.01. The first-order chi connectivity index (χ1) is 5.16. The molecule has 0 aromatic heterocycles. The van der Waals surface area contributed by atoms with Gasteiger partial charge in [-0.2, -0.15) is 0 Å². The number of thioether (sulfide) groups is 1. The average Bonchev–Trinajstić information content (AvgIpc) is 1.97. The first-order valence-electron chi connectivity index (χ1n) is 3.22. The van der Waals surface area contributed by atoms with Gasteiger partial charge in [-0.25, -0.2) is 0 Å². The summed E-state index contributed by atoms with van der Waals surface area (Å²) in [5, 5.41) is 1.12. The predicted octanol–water partition coefficient (Wildman–Crippen LogP) is 3.27. The lowest BCUT2D eigenvalue weighted by Gasteiger charge is -1.90. The summed E-state index contributed by atoms with van der Waals surface area (Å²) in [6, 6.07) is 0. The molecular weight excluding hydrogens is 269 g/mol. The highest BCUT2D eigenvalue weighted by Crippen LogP contribution is 2.02. The number of rotatable bonds is 3. The second kappa shape index (κ2) is 6.91. The lowest BCUT2D eigenvalue weighted by Crippen LogP contribution is -1.82. The van der Waals surface area contributed by atoms with Gasteiger partial charge in [-0.05, 0) is 35.8 Å². The summed E-state index contributed by atoms with van der Waals surface area (Å²) in [4.78, 5) is 4.26. The van der Waals surface area contributed by atoms with Crippen LogP contribution in [0.1, 0.15) is 6.92 Å². The second-order valence-corrected chi connectivity index (χ2v) is 4.30. The lowest BCUT2D eigenvalue weighted by molar-refractivity contribution is 1.25. The van der Waals surface area contributed by atoms with Crippen LogP contribution in [0.3, 0.4) is 0 Å². The summed E-state index contributed by atoms with van der Waals surface area (Å²) in [5.74, 6) is 0. The Morgan fingerprint density at radius 1 is 1.73 bits per heavy atom. The molecule has 0 rings (SSSR count). The van der Waals surface area contributed by atoms with Gasteiger partial charge in [0.2, 0.25) is 0 Å². The van der Waals surface area contributed by atoms with Gasteiger partial charge < -0.3 is 0 Å². The quantitative estimate of drug-likeness (QED) is 0.335. The van der Waals surface area contributed by atoms with E-state index in [2.05, 4.69) is 34.2 Å². The van der Waals surface area contributed by atoms with Crippen molar-refractivity contribution in [1.29, 1.82) is 0 Å². The van der Waals surface area contributed by atoms with Crippen LogP contribution in [0.15, 0.2) is 27.3 Å². The van der Waals surface area contributed by atoms with Crippen LogP contribution in [-0.2, 0) is 0 Å². The van der Waals surface area contributed by atoms with Crippen molar-refractivity contribution in [2.75, 3.05) is 12.8 Å². The highest BCUT2D eigenvalue weighted by Gasteiger charge is 1.82. The molecule has 0 radical (unpaired) electrons. The molecule has 0 aliphatic rings. The zero-order valence-corrected chi connectivity index (χ0v) is 9.78. The van der Waals surface area contributed by atoms with Crippen LogP contribution in [-0.4, -0.2) is 17.8 Å². The van der Waals surface area contributed by atoms with Crippen molar-refractivity contribution < 1.29 is 0 Å².